The van der Waals surface area contributed by atoms with Crippen molar-refractivity contribution in [3.8, 4) is 17.2 Å². The molecule has 0 saturated heterocycles. The maximum Gasteiger partial charge on any atom is 1.00 e. The molecule has 0 aliphatic rings. The Hall–Kier alpha value is -0.414. The summed E-state index contributed by atoms with van der Waals surface area (Å²) in [5.74, 6) is -0.173. The average Bonchev–Trinajstić information content (AvgIpc) is 2.52. The van der Waals surface area contributed by atoms with Crippen molar-refractivity contribution in [2.45, 2.75) is 43.9 Å². The number of benzene rings is 2. The summed E-state index contributed by atoms with van der Waals surface area (Å²) in [7, 11) is -4.46. The first-order valence-electron chi connectivity index (χ1n) is 7.95. The zero-order valence-electron chi connectivity index (χ0n) is 14.6. The summed E-state index contributed by atoms with van der Waals surface area (Å²) in [6.07, 6.45) is 5.72. The van der Waals surface area contributed by atoms with Crippen molar-refractivity contribution in [2.24, 2.45) is 0 Å². The van der Waals surface area contributed by atoms with Crippen LogP contribution in [0.4, 0.5) is 0 Å². The molecule has 2 aromatic carbocycles. The van der Waals surface area contributed by atoms with Crippen LogP contribution in [0.3, 0.4) is 0 Å². The van der Waals surface area contributed by atoms with Crippen molar-refractivity contribution in [3.05, 3.63) is 48.0 Å². The Labute approximate surface area is 191 Å². The van der Waals surface area contributed by atoms with Crippen LogP contribution in [0.15, 0.2) is 47.4 Å². The second kappa shape index (κ2) is 10.7. The molecule has 0 unspecified atom stereocenters. The predicted octanol–water partition coefficient (Wildman–Crippen LogP) is 0.926. The fourth-order valence-electron chi connectivity index (χ4n) is 2.39. The first-order valence-corrected chi connectivity index (χ1v) is 9.39. The van der Waals surface area contributed by atoms with Crippen LogP contribution >= 0.6 is 0 Å². The van der Waals surface area contributed by atoms with Gasteiger partial charge in [0.2, 0.25) is 0 Å². The van der Waals surface area contributed by atoms with E-state index < -0.39 is 20.8 Å². The smallest absolute Gasteiger partial charge is 0.872 e. The van der Waals surface area contributed by atoms with E-state index in [0.29, 0.717) is 5.75 Å². The third-order valence-corrected chi connectivity index (χ3v) is 4.56. The van der Waals surface area contributed by atoms with Gasteiger partial charge in [-0.05, 0) is 42.7 Å². The van der Waals surface area contributed by atoms with E-state index in [1.54, 1.807) is 12.1 Å². The normalized spacial score (nSPS) is 11.0. The Kier molecular flexibility index (Phi) is 9.65. The minimum atomic E-state index is -4.46. The molecule has 7 heteroatoms. The van der Waals surface area contributed by atoms with Crippen LogP contribution in [-0.4, -0.2) is 13.0 Å². The first-order chi connectivity index (χ1) is 11.4. The van der Waals surface area contributed by atoms with Gasteiger partial charge in [-0.25, -0.2) is 0 Å². The molecule has 1 N–H and O–H groups in total. The van der Waals surface area contributed by atoms with Crippen LogP contribution in [0.5, 0.6) is 17.2 Å². The molecule has 0 bridgehead atoms. The van der Waals surface area contributed by atoms with E-state index >= 15 is 0 Å². The predicted molar refractivity (Wildman–Crippen MR) is 90.1 cm³/mol. The molecule has 0 atom stereocenters. The van der Waals surface area contributed by atoms with Gasteiger partial charge >= 0.3 is 51.4 Å². The van der Waals surface area contributed by atoms with Crippen LogP contribution in [0, 0.1) is 0 Å². The van der Waals surface area contributed by atoms with Gasteiger partial charge in [-0.3, -0.25) is 4.55 Å². The standard InChI is InChI=1S/C18H22O5S.K/c1-2-3-4-5-6-14-7-10-16(11-8-14)23-17-13-15(19)9-12-18(17)24(20,21)22;/h7-13,19H,2-6H2,1H3,(H,20,21,22);/q;+1/p-1. The monoisotopic (exact) mass is 388 g/mol. The van der Waals surface area contributed by atoms with Crippen molar-refractivity contribution in [1.82, 2.24) is 0 Å². The third-order valence-electron chi connectivity index (χ3n) is 3.66. The summed E-state index contributed by atoms with van der Waals surface area (Å²) in [6.45, 7) is 2.17. The van der Waals surface area contributed by atoms with Crippen LogP contribution in [-0.2, 0) is 16.5 Å². The van der Waals surface area contributed by atoms with Crippen molar-refractivity contribution in [2.75, 3.05) is 0 Å². The van der Waals surface area contributed by atoms with Gasteiger partial charge in [-0.2, -0.15) is 8.42 Å². The molecule has 2 aromatic rings. The molecule has 0 spiro atoms. The molecule has 0 amide bonds. The van der Waals surface area contributed by atoms with Crippen LogP contribution in [0.25, 0.3) is 0 Å². The topological polar surface area (TPSA) is 86.7 Å². The van der Waals surface area contributed by atoms with E-state index in [-0.39, 0.29) is 57.1 Å². The molecule has 0 heterocycles. The zero-order chi connectivity index (χ0) is 17.6. The summed E-state index contributed by atoms with van der Waals surface area (Å²) in [5, 5.41) is 11.4. The van der Waals surface area contributed by atoms with E-state index in [1.165, 1.54) is 24.8 Å². The van der Waals surface area contributed by atoms with Gasteiger partial charge in [0, 0.05) is 0 Å². The Morgan fingerprint density at radius 1 is 1.04 bits per heavy atom. The minimum Gasteiger partial charge on any atom is -0.872 e. The molecule has 0 aromatic heterocycles. The number of hydrogen-bond acceptors (Lipinski definition) is 4. The Balaban J connectivity index is 0.00000312. The second-order valence-electron chi connectivity index (χ2n) is 5.64. The molecule has 0 aliphatic heterocycles. The van der Waals surface area contributed by atoms with Gasteiger partial charge in [0.1, 0.15) is 16.4 Å². The summed E-state index contributed by atoms with van der Waals surface area (Å²) < 4.78 is 37.4. The van der Waals surface area contributed by atoms with Crippen molar-refractivity contribution in [3.63, 3.8) is 0 Å². The molecule has 0 aliphatic carbocycles. The fraction of sp³-hybridized carbons (Fsp3) is 0.333. The van der Waals surface area contributed by atoms with Crippen molar-refractivity contribution in [1.29, 1.82) is 0 Å². The number of hydrogen-bond donors (Lipinski definition) is 1. The molecular formula is C18H21KO5S. The van der Waals surface area contributed by atoms with Crippen LogP contribution in [0.2, 0.25) is 0 Å². The SMILES string of the molecule is CCCCCCc1ccc(Oc2cc([O-])ccc2S(=O)(=O)O)cc1.[K+]. The van der Waals surface area contributed by atoms with Crippen molar-refractivity contribution >= 4 is 10.1 Å². The minimum absolute atomic E-state index is 0. The molecule has 5 nitrogen and oxygen atoms in total. The van der Waals surface area contributed by atoms with Gasteiger partial charge in [0.25, 0.3) is 10.1 Å². The molecular weight excluding hydrogens is 367 g/mol. The molecule has 25 heavy (non-hydrogen) atoms. The molecule has 0 saturated carbocycles. The summed E-state index contributed by atoms with van der Waals surface area (Å²) in [6, 6.07) is 10.4. The van der Waals surface area contributed by atoms with Crippen LogP contribution in [0.1, 0.15) is 38.2 Å². The van der Waals surface area contributed by atoms with E-state index in [1.807, 2.05) is 12.1 Å². The largest absolute Gasteiger partial charge is 1.00 e. The van der Waals surface area contributed by atoms with Crippen LogP contribution < -0.4 is 61.2 Å². The van der Waals surface area contributed by atoms with Gasteiger partial charge in [-0.15, -0.1) is 5.75 Å². The number of aryl methyl sites for hydroxylation is 1. The van der Waals surface area contributed by atoms with Gasteiger partial charge in [0.05, 0.1) is 0 Å². The zero-order valence-corrected chi connectivity index (χ0v) is 18.5. The van der Waals surface area contributed by atoms with E-state index in [0.717, 1.165) is 31.0 Å². The number of ether oxygens (including phenoxy) is 1. The molecule has 130 valence electrons. The number of unbranched alkanes of at least 4 members (excludes halogenated alkanes) is 3. The maximum absolute atomic E-state index is 11.4. The first kappa shape index (κ1) is 22.6. The fourth-order valence-corrected chi connectivity index (χ4v) is 2.98. The molecule has 2 rings (SSSR count). The number of rotatable bonds is 8. The van der Waals surface area contributed by atoms with E-state index in [4.69, 9.17) is 4.74 Å². The van der Waals surface area contributed by atoms with Gasteiger partial charge in [0.15, 0.2) is 0 Å². The Morgan fingerprint density at radius 2 is 1.72 bits per heavy atom. The second-order valence-corrected chi connectivity index (χ2v) is 7.03. The maximum atomic E-state index is 11.4. The summed E-state index contributed by atoms with van der Waals surface area (Å²) in [4.78, 5) is -0.425. The summed E-state index contributed by atoms with van der Waals surface area (Å²) in [5.41, 5.74) is 1.17. The summed E-state index contributed by atoms with van der Waals surface area (Å²) >= 11 is 0. The average molecular weight is 389 g/mol. The van der Waals surface area contributed by atoms with Crippen molar-refractivity contribution < 1.29 is 74.2 Å². The molecule has 0 fully saturated rings. The Bertz CT molecular complexity index is 773. The van der Waals surface area contributed by atoms with E-state index in [2.05, 4.69) is 6.92 Å². The van der Waals surface area contributed by atoms with E-state index in [9.17, 15) is 18.1 Å². The third kappa shape index (κ3) is 7.38. The quantitative estimate of drug-likeness (QED) is 0.413. The van der Waals surface area contributed by atoms with Gasteiger partial charge < -0.3 is 9.84 Å². The Morgan fingerprint density at radius 3 is 2.32 bits per heavy atom. The molecule has 0 radical (unpaired) electrons. The van der Waals surface area contributed by atoms with Gasteiger partial charge in [-0.1, -0.05) is 44.4 Å².